The van der Waals surface area contributed by atoms with Crippen molar-refractivity contribution in [1.82, 2.24) is 0 Å². The highest BCUT2D eigenvalue weighted by Crippen LogP contribution is 2.41. The molecule has 1 aliphatic carbocycles. The molecule has 21 heavy (non-hydrogen) atoms. The Labute approximate surface area is 129 Å². The monoisotopic (exact) mass is 296 g/mol. The number of ether oxygens (including phenoxy) is 2. The first-order valence-electron chi connectivity index (χ1n) is 9.12. The van der Waals surface area contributed by atoms with Crippen LogP contribution in [0.2, 0.25) is 0 Å². The zero-order valence-corrected chi connectivity index (χ0v) is 13.6. The van der Waals surface area contributed by atoms with E-state index in [1.54, 1.807) is 0 Å². The molecule has 122 valence electrons. The normalized spacial score (nSPS) is 42.3. The lowest BCUT2D eigenvalue weighted by molar-refractivity contribution is -0.125. The van der Waals surface area contributed by atoms with Gasteiger partial charge in [0.1, 0.15) is 0 Å². The van der Waals surface area contributed by atoms with E-state index in [0.717, 1.165) is 45.0 Å². The predicted octanol–water partition coefficient (Wildman–Crippen LogP) is 3.54. The third-order valence-corrected chi connectivity index (χ3v) is 6.15. The van der Waals surface area contributed by atoms with Crippen LogP contribution in [0.3, 0.4) is 0 Å². The highest BCUT2D eigenvalue weighted by Gasteiger charge is 2.44. The Hall–Kier alpha value is -0.120. The van der Waals surface area contributed by atoms with Crippen LogP contribution in [0.25, 0.3) is 0 Å². The number of aliphatic hydroxyl groups is 1. The second-order valence-corrected chi connectivity index (χ2v) is 7.65. The van der Waals surface area contributed by atoms with E-state index >= 15 is 0 Å². The van der Waals surface area contributed by atoms with Gasteiger partial charge < -0.3 is 14.6 Å². The second-order valence-electron chi connectivity index (χ2n) is 7.65. The highest BCUT2D eigenvalue weighted by atomic mass is 16.6. The smallest absolute Gasteiger partial charge is 0.0940 e. The number of rotatable bonds is 4. The SMILES string of the molecule is CCCC1CCC(C(O)C2CCOC3(CCOC3)C2)CC1. The first-order chi connectivity index (χ1) is 10.2. The van der Waals surface area contributed by atoms with Crippen LogP contribution in [0.15, 0.2) is 0 Å². The van der Waals surface area contributed by atoms with E-state index in [2.05, 4.69) is 6.92 Å². The van der Waals surface area contributed by atoms with Gasteiger partial charge in [-0.15, -0.1) is 0 Å². The Kier molecular flexibility index (Phi) is 5.23. The van der Waals surface area contributed by atoms with Crippen molar-refractivity contribution in [3.63, 3.8) is 0 Å². The van der Waals surface area contributed by atoms with E-state index in [1.165, 1.54) is 38.5 Å². The molecule has 1 saturated carbocycles. The fourth-order valence-corrected chi connectivity index (χ4v) is 4.83. The molecule has 3 fully saturated rings. The minimum absolute atomic E-state index is 0.0662. The molecule has 0 amide bonds. The van der Waals surface area contributed by atoms with E-state index in [4.69, 9.17) is 9.47 Å². The van der Waals surface area contributed by atoms with E-state index in [1.807, 2.05) is 0 Å². The summed E-state index contributed by atoms with van der Waals surface area (Å²) in [5, 5.41) is 10.9. The van der Waals surface area contributed by atoms with E-state index in [0.29, 0.717) is 11.8 Å². The molecule has 3 unspecified atom stereocenters. The molecule has 0 aromatic rings. The molecule has 0 radical (unpaired) electrons. The topological polar surface area (TPSA) is 38.7 Å². The molecule has 2 saturated heterocycles. The summed E-state index contributed by atoms with van der Waals surface area (Å²) in [5.74, 6) is 1.87. The minimum Gasteiger partial charge on any atom is -0.393 e. The van der Waals surface area contributed by atoms with Crippen LogP contribution in [0.5, 0.6) is 0 Å². The molecule has 3 aliphatic rings. The summed E-state index contributed by atoms with van der Waals surface area (Å²) in [4.78, 5) is 0. The van der Waals surface area contributed by atoms with Crippen molar-refractivity contribution in [3.8, 4) is 0 Å². The van der Waals surface area contributed by atoms with E-state index < -0.39 is 0 Å². The first-order valence-corrected chi connectivity index (χ1v) is 9.12. The molecule has 3 nitrogen and oxygen atoms in total. The Morgan fingerprint density at radius 1 is 1.10 bits per heavy atom. The van der Waals surface area contributed by atoms with Gasteiger partial charge in [-0.05, 0) is 43.4 Å². The Morgan fingerprint density at radius 3 is 2.57 bits per heavy atom. The number of hydrogen-bond acceptors (Lipinski definition) is 3. The molecule has 3 atom stereocenters. The lowest BCUT2D eigenvalue weighted by Crippen LogP contribution is -2.45. The van der Waals surface area contributed by atoms with Crippen molar-refractivity contribution in [1.29, 1.82) is 0 Å². The fourth-order valence-electron chi connectivity index (χ4n) is 4.83. The van der Waals surface area contributed by atoms with E-state index in [-0.39, 0.29) is 11.7 Å². The molecule has 0 aromatic heterocycles. The Balaban J connectivity index is 1.52. The van der Waals surface area contributed by atoms with Crippen LogP contribution in [0, 0.1) is 17.8 Å². The summed E-state index contributed by atoms with van der Waals surface area (Å²) >= 11 is 0. The fraction of sp³-hybridized carbons (Fsp3) is 1.00. The third-order valence-electron chi connectivity index (χ3n) is 6.15. The zero-order valence-electron chi connectivity index (χ0n) is 13.6. The average Bonchev–Trinajstić information content (AvgIpc) is 2.95. The summed E-state index contributed by atoms with van der Waals surface area (Å²) in [5.41, 5.74) is -0.0662. The second kappa shape index (κ2) is 6.97. The Bertz CT molecular complexity index is 316. The van der Waals surface area contributed by atoms with Crippen molar-refractivity contribution in [2.24, 2.45) is 17.8 Å². The third kappa shape index (κ3) is 3.62. The molecule has 0 aromatic carbocycles. The van der Waals surface area contributed by atoms with Gasteiger partial charge in [0.2, 0.25) is 0 Å². The zero-order chi connectivity index (χ0) is 14.7. The van der Waals surface area contributed by atoms with Crippen molar-refractivity contribution in [2.45, 2.75) is 76.4 Å². The van der Waals surface area contributed by atoms with Gasteiger partial charge in [-0.3, -0.25) is 0 Å². The van der Waals surface area contributed by atoms with Crippen molar-refractivity contribution >= 4 is 0 Å². The summed E-state index contributed by atoms with van der Waals surface area (Å²) in [6, 6.07) is 0. The lowest BCUT2D eigenvalue weighted by Gasteiger charge is -2.42. The molecule has 2 heterocycles. The summed E-state index contributed by atoms with van der Waals surface area (Å²) in [6.45, 7) is 4.65. The predicted molar refractivity (Wildman–Crippen MR) is 83.2 cm³/mol. The lowest BCUT2D eigenvalue weighted by atomic mass is 9.72. The van der Waals surface area contributed by atoms with Crippen LogP contribution >= 0.6 is 0 Å². The van der Waals surface area contributed by atoms with Gasteiger partial charge in [-0.2, -0.15) is 0 Å². The summed E-state index contributed by atoms with van der Waals surface area (Å²) < 4.78 is 11.6. The van der Waals surface area contributed by atoms with Gasteiger partial charge in [0.15, 0.2) is 0 Å². The van der Waals surface area contributed by atoms with Gasteiger partial charge in [0.05, 0.1) is 18.3 Å². The summed E-state index contributed by atoms with van der Waals surface area (Å²) in [7, 11) is 0. The highest BCUT2D eigenvalue weighted by molar-refractivity contribution is 4.94. The molecule has 1 N–H and O–H groups in total. The van der Waals surface area contributed by atoms with Crippen molar-refractivity contribution in [2.75, 3.05) is 19.8 Å². The van der Waals surface area contributed by atoms with Crippen LogP contribution in [-0.4, -0.2) is 36.6 Å². The van der Waals surface area contributed by atoms with Crippen LogP contribution < -0.4 is 0 Å². The van der Waals surface area contributed by atoms with Crippen LogP contribution in [-0.2, 0) is 9.47 Å². The molecule has 0 bridgehead atoms. The van der Waals surface area contributed by atoms with Gasteiger partial charge in [0.25, 0.3) is 0 Å². The largest absolute Gasteiger partial charge is 0.393 e. The maximum atomic E-state index is 10.9. The van der Waals surface area contributed by atoms with Crippen molar-refractivity contribution in [3.05, 3.63) is 0 Å². The first kappa shape index (κ1) is 15.8. The average molecular weight is 296 g/mol. The molecule has 2 aliphatic heterocycles. The minimum atomic E-state index is -0.117. The van der Waals surface area contributed by atoms with Gasteiger partial charge in [0, 0.05) is 19.6 Å². The molecular weight excluding hydrogens is 264 g/mol. The number of aliphatic hydroxyl groups excluding tert-OH is 1. The van der Waals surface area contributed by atoms with Gasteiger partial charge in [-0.1, -0.05) is 32.6 Å². The molecular formula is C18H32O3. The molecule has 1 spiro atoms. The van der Waals surface area contributed by atoms with Crippen LogP contribution in [0.4, 0.5) is 0 Å². The maximum Gasteiger partial charge on any atom is 0.0940 e. The number of hydrogen-bond donors (Lipinski definition) is 1. The summed E-state index contributed by atoms with van der Waals surface area (Å²) in [6.07, 6.45) is 10.7. The molecule has 3 heteroatoms. The standard InChI is InChI=1S/C18H32O3/c1-2-3-14-4-6-15(7-5-14)17(19)16-8-10-21-18(12-16)9-11-20-13-18/h14-17,19H,2-13H2,1H3. The van der Waals surface area contributed by atoms with Crippen molar-refractivity contribution < 1.29 is 14.6 Å². The van der Waals surface area contributed by atoms with Gasteiger partial charge in [-0.25, -0.2) is 0 Å². The maximum absolute atomic E-state index is 10.9. The van der Waals surface area contributed by atoms with Crippen LogP contribution in [0.1, 0.15) is 64.7 Å². The Morgan fingerprint density at radius 2 is 1.90 bits per heavy atom. The van der Waals surface area contributed by atoms with Gasteiger partial charge >= 0.3 is 0 Å². The molecule has 3 rings (SSSR count). The quantitative estimate of drug-likeness (QED) is 0.862. The van der Waals surface area contributed by atoms with E-state index in [9.17, 15) is 5.11 Å².